The molecule has 0 fully saturated rings. The molecular weight excluding hydrogens is 331 g/mol. The Labute approximate surface area is 142 Å². The van der Waals surface area contributed by atoms with Gasteiger partial charge in [-0.3, -0.25) is 9.79 Å². The first-order valence-corrected chi connectivity index (χ1v) is 9.15. The van der Waals surface area contributed by atoms with Crippen molar-refractivity contribution < 1.29 is 9.18 Å². The van der Waals surface area contributed by atoms with E-state index in [1.54, 1.807) is 30.0 Å². The van der Waals surface area contributed by atoms with Gasteiger partial charge in [0, 0.05) is 16.4 Å². The van der Waals surface area contributed by atoms with E-state index in [9.17, 15) is 9.18 Å². The van der Waals surface area contributed by atoms with Crippen molar-refractivity contribution in [2.45, 2.75) is 10.6 Å². The highest BCUT2D eigenvalue weighted by Gasteiger charge is 2.16. The predicted molar refractivity (Wildman–Crippen MR) is 94.6 cm³/mol. The highest BCUT2D eigenvalue weighted by Crippen LogP contribution is 2.27. The predicted octanol–water partition coefficient (Wildman–Crippen LogP) is 3.95. The zero-order valence-corrected chi connectivity index (χ0v) is 13.9. The lowest BCUT2D eigenvalue weighted by Crippen LogP contribution is -2.27. The fraction of sp³-hybridized carbons (Fsp3) is 0.176. The van der Waals surface area contributed by atoms with Crippen molar-refractivity contribution in [2.75, 3.05) is 12.3 Å². The Bertz CT molecular complexity index is 749. The SMILES string of the molecule is O=C(NC1=NCCS1)c1ccccc1SCc1ccccc1F. The van der Waals surface area contributed by atoms with Gasteiger partial charge in [-0.2, -0.15) is 0 Å². The average molecular weight is 346 g/mol. The highest BCUT2D eigenvalue weighted by molar-refractivity contribution is 8.14. The molecule has 3 nitrogen and oxygen atoms in total. The van der Waals surface area contributed by atoms with E-state index in [0.29, 0.717) is 22.0 Å². The van der Waals surface area contributed by atoms with Crippen LogP contribution < -0.4 is 5.32 Å². The van der Waals surface area contributed by atoms with Crippen LogP contribution in [0.5, 0.6) is 0 Å². The standard InChI is InChI=1S/C17H15FN2OS2/c18-14-7-3-1-5-12(14)11-23-15-8-4-2-6-13(15)16(21)20-17-19-9-10-22-17/h1-8H,9-11H2,(H,19,20,21). The van der Waals surface area contributed by atoms with Gasteiger partial charge in [0.25, 0.3) is 5.91 Å². The molecule has 0 aliphatic carbocycles. The van der Waals surface area contributed by atoms with Crippen LogP contribution >= 0.6 is 23.5 Å². The molecule has 1 heterocycles. The van der Waals surface area contributed by atoms with Crippen molar-refractivity contribution in [3.05, 3.63) is 65.5 Å². The summed E-state index contributed by atoms with van der Waals surface area (Å²) in [4.78, 5) is 17.5. The Balaban J connectivity index is 1.72. The van der Waals surface area contributed by atoms with E-state index < -0.39 is 0 Å². The van der Waals surface area contributed by atoms with E-state index in [1.165, 1.54) is 17.8 Å². The Hall–Kier alpha value is -1.79. The van der Waals surface area contributed by atoms with Gasteiger partial charge >= 0.3 is 0 Å². The molecule has 0 spiro atoms. The number of hydrogen-bond acceptors (Lipinski definition) is 4. The van der Waals surface area contributed by atoms with Gasteiger partial charge in [0.15, 0.2) is 5.17 Å². The number of nitrogens with zero attached hydrogens (tertiary/aromatic N) is 1. The molecule has 1 aliphatic heterocycles. The monoisotopic (exact) mass is 346 g/mol. The summed E-state index contributed by atoms with van der Waals surface area (Å²) >= 11 is 3.00. The van der Waals surface area contributed by atoms with Crippen molar-refractivity contribution in [3.8, 4) is 0 Å². The molecule has 1 aliphatic rings. The molecule has 0 unspecified atom stereocenters. The van der Waals surface area contributed by atoms with Gasteiger partial charge in [0.1, 0.15) is 5.82 Å². The minimum atomic E-state index is -0.223. The second-order valence-corrected chi connectivity index (χ2v) is 6.97. The smallest absolute Gasteiger partial charge is 0.258 e. The molecule has 0 saturated heterocycles. The maximum absolute atomic E-state index is 13.7. The maximum atomic E-state index is 13.7. The van der Waals surface area contributed by atoms with Gasteiger partial charge in [-0.25, -0.2) is 4.39 Å². The summed E-state index contributed by atoms with van der Waals surface area (Å²) in [6.07, 6.45) is 0. The van der Waals surface area contributed by atoms with Gasteiger partial charge < -0.3 is 5.32 Å². The molecule has 2 aromatic carbocycles. The van der Waals surface area contributed by atoms with E-state index in [-0.39, 0.29) is 11.7 Å². The number of carbonyl (C=O) groups is 1. The van der Waals surface area contributed by atoms with Crippen molar-refractivity contribution in [1.29, 1.82) is 0 Å². The van der Waals surface area contributed by atoms with E-state index in [0.717, 1.165) is 17.2 Å². The van der Waals surface area contributed by atoms with Gasteiger partial charge in [0.05, 0.1) is 12.1 Å². The Kier molecular flexibility index (Phi) is 5.35. The molecule has 0 radical (unpaired) electrons. The zero-order chi connectivity index (χ0) is 16.1. The van der Waals surface area contributed by atoms with Crippen molar-refractivity contribution in [3.63, 3.8) is 0 Å². The van der Waals surface area contributed by atoms with Crippen LogP contribution in [-0.4, -0.2) is 23.4 Å². The second kappa shape index (κ2) is 7.66. The molecule has 118 valence electrons. The van der Waals surface area contributed by atoms with Crippen molar-refractivity contribution in [2.24, 2.45) is 4.99 Å². The second-order valence-electron chi connectivity index (χ2n) is 4.87. The number of halogens is 1. The third kappa shape index (κ3) is 4.14. The largest absolute Gasteiger partial charge is 0.301 e. The Morgan fingerprint density at radius 2 is 2.00 bits per heavy atom. The van der Waals surface area contributed by atoms with Crippen LogP contribution in [-0.2, 0) is 5.75 Å². The Morgan fingerprint density at radius 3 is 2.78 bits per heavy atom. The first-order valence-electron chi connectivity index (χ1n) is 7.18. The van der Waals surface area contributed by atoms with Crippen LogP contribution in [0.4, 0.5) is 4.39 Å². The van der Waals surface area contributed by atoms with Crippen LogP contribution in [0.25, 0.3) is 0 Å². The van der Waals surface area contributed by atoms with E-state index in [2.05, 4.69) is 10.3 Å². The summed E-state index contributed by atoms with van der Waals surface area (Å²) in [7, 11) is 0. The molecule has 0 saturated carbocycles. The van der Waals surface area contributed by atoms with Gasteiger partial charge in [-0.05, 0) is 23.8 Å². The lowest BCUT2D eigenvalue weighted by molar-refractivity contribution is 0.0975. The number of benzene rings is 2. The molecule has 23 heavy (non-hydrogen) atoms. The van der Waals surface area contributed by atoms with Gasteiger partial charge in [-0.15, -0.1) is 11.8 Å². The number of thioether (sulfide) groups is 2. The normalized spacial score (nSPS) is 13.7. The number of hydrogen-bond donors (Lipinski definition) is 1. The number of amidine groups is 1. The topological polar surface area (TPSA) is 41.5 Å². The minimum absolute atomic E-state index is 0.171. The summed E-state index contributed by atoms with van der Waals surface area (Å²) < 4.78 is 13.7. The fourth-order valence-corrected chi connectivity index (χ4v) is 3.89. The van der Waals surface area contributed by atoms with Gasteiger partial charge in [-0.1, -0.05) is 42.1 Å². The van der Waals surface area contributed by atoms with E-state index in [1.807, 2.05) is 24.3 Å². The van der Waals surface area contributed by atoms with Crippen LogP contribution in [0.3, 0.4) is 0 Å². The van der Waals surface area contributed by atoms with Crippen LogP contribution in [0, 0.1) is 5.82 Å². The molecule has 0 bridgehead atoms. The van der Waals surface area contributed by atoms with Crippen LogP contribution in [0.15, 0.2) is 58.4 Å². The van der Waals surface area contributed by atoms with E-state index in [4.69, 9.17) is 0 Å². The Morgan fingerprint density at radius 1 is 1.22 bits per heavy atom. The summed E-state index contributed by atoms with van der Waals surface area (Å²) in [6, 6.07) is 14.0. The maximum Gasteiger partial charge on any atom is 0.258 e. The lowest BCUT2D eigenvalue weighted by atomic mass is 10.2. The summed E-state index contributed by atoms with van der Waals surface area (Å²) in [6.45, 7) is 0.740. The number of amides is 1. The first-order chi connectivity index (χ1) is 11.2. The van der Waals surface area contributed by atoms with E-state index >= 15 is 0 Å². The van der Waals surface area contributed by atoms with Crippen molar-refractivity contribution >= 4 is 34.6 Å². The number of rotatable bonds is 4. The molecule has 6 heteroatoms. The third-order valence-electron chi connectivity index (χ3n) is 3.28. The summed E-state index contributed by atoms with van der Waals surface area (Å²) in [5, 5.41) is 3.50. The zero-order valence-electron chi connectivity index (χ0n) is 12.3. The van der Waals surface area contributed by atoms with Crippen LogP contribution in [0.2, 0.25) is 0 Å². The molecule has 0 aromatic heterocycles. The minimum Gasteiger partial charge on any atom is -0.301 e. The number of nitrogens with one attached hydrogen (secondary N) is 1. The molecule has 1 N–H and O–H groups in total. The molecule has 0 atom stereocenters. The summed E-state index contributed by atoms with van der Waals surface area (Å²) in [5.41, 5.74) is 1.22. The number of carbonyl (C=O) groups excluding carboxylic acids is 1. The molecule has 1 amide bonds. The quantitative estimate of drug-likeness (QED) is 0.852. The summed E-state index contributed by atoms with van der Waals surface area (Å²) in [5.74, 6) is 0.986. The molecule has 2 aromatic rings. The third-order valence-corrected chi connectivity index (χ3v) is 5.29. The number of aliphatic imine (C=N–C) groups is 1. The fourth-order valence-electron chi connectivity index (χ4n) is 2.13. The highest BCUT2D eigenvalue weighted by atomic mass is 32.2. The van der Waals surface area contributed by atoms with Crippen LogP contribution in [0.1, 0.15) is 15.9 Å². The lowest BCUT2D eigenvalue weighted by Gasteiger charge is -2.10. The van der Waals surface area contributed by atoms with Gasteiger partial charge in [0.2, 0.25) is 0 Å². The first kappa shape index (κ1) is 16.1. The average Bonchev–Trinajstić information content (AvgIpc) is 3.07. The molecule has 3 rings (SSSR count). The van der Waals surface area contributed by atoms with Crippen molar-refractivity contribution in [1.82, 2.24) is 5.32 Å². The molecular formula is C17H15FN2OS2.